The molecule has 10 nitrogen and oxygen atoms in total. The van der Waals surface area contributed by atoms with Crippen molar-refractivity contribution in [1.82, 2.24) is 29.3 Å². The van der Waals surface area contributed by atoms with Crippen molar-refractivity contribution >= 4 is 22.9 Å². The Hall–Kier alpha value is -3.08. The molecule has 0 radical (unpaired) electrons. The fourth-order valence-electron chi connectivity index (χ4n) is 5.19. The average molecular weight is 492 g/mol. The number of amides is 1. The van der Waals surface area contributed by atoms with Crippen molar-refractivity contribution in [2.75, 3.05) is 71.0 Å². The van der Waals surface area contributed by atoms with E-state index in [9.17, 15) is 4.79 Å². The second-order valence-electron chi connectivity index (χ2n) is 10.3. The smallest absolute Gasteiger partial charge is 0.253 e. The Balaban J connectivity index is 1.38. The Morgan fingerprint density at radius 1 is 0.889 bits per heavy atom. The van der Waals surface area contributed by atoms with Gasteiger partial charge in [-0.2, -0.15) is 0 Å². The van der Waals surface area contributed by atoms with Crippen molar-refractivity contribution in [1.29, 1.82) is 0 Å². The molecule has 10 heteroatoms. The lowest BCUT2D eigenvalue weighted by Crippen LogP contribution is -2.47. The summed E-state index contributed by atoms with van der Waals surface area (Å²) in [5, 5.41) is 0. The van der Waals surface area contributed by atoms with Gasteiger partial charge in [-0.25, -0.2) is 15.0 Å². The van der Waals surface area contributed by atoms with Crippen LogP contribution in [-0.2, 0) is 21.6 Å². The first-order valence-corrected chi connectivity index (χ1v) is 12.7. The highest BCUT2D eigenvalue weighted by atomic mass is 16.5. The Morgan fingerprint density at radius 2 is 1.61 bits per heavy atom. The average Bonchev–Trinajstić information content (AvgIpc) is 3.29. The van der Waals surface area contributed by atoms with Gasteiger partial charge in [0.15, 0.2) is 22.8 Å². The SMILES string of the molecule is CN1CCN(C(=O)c2ccc(-c3nc(N4CCOCC4)c4nc5n(c4n3)CCOC5(C)C)cc2)CC1. The van der Waals surface area contributed by atoms with Crippen LogP contribution in [0.4, 0.5) is 5.82 Å². The third-order valence-electron chi connectivity index (χ3n) is 7.38. The van der Waals surface area contributed by atoms with Crippen molar-refractivity contribution in [2.45, 2.75) is 26.0 Å². The maximum Gasteiger partial charge on any atom is 0.253 e. The van der Waals surface area contributed by atoms with Crippen LogP contribution in [0.25, 0.3) is 22.6 Å². The van der Waals surface area contributed by atoms with Crippen LogP contribution in [0.1, 0.15) is 30.0 Å². The quantitative estimate of drug-likeness (QED) is 0.550. The third-order valence-corrected chi connectivity index (χ3v) is 7.38. The van der Waals surface area contributed by atoms with E-state index >= 15 is 0 Å². The standard InChI is InChI=1S/C26H33N7O3/c1-26(2)25-27-20-22(31-12-15-35-16-13-31)28-21(29-23(20)33(25)14-17-36-26)18-4-6-19(7-5-18)24(34)32-10-8-30(3)9-11-32/h4-7H,8-17H2,1-3H3. The molecule has 0 unspecified atom stereocenters. The van der Waals surface area contributed by atoms with Gasteiger partial charge in [0, 0.05) is 56.9 Å². The minimum absolute atomic E-state index is 0.0760. The molecule has 0 bridgehead atoms. The zero-order valence-electron chi connectivity index (χ0n) is 21.2. The second kappa shape index (κ2) is 9.10. The van der Waals surface area contributed by atoms with Crippen LogP contribution in [0.5, 0.6) is 0 Å². The molecule has 36 heavy (non-hydrogen) atoms. The van der Waals surface area contributed by atoms with Crippen LogP contribution < -0.4 is 4.90 Å². The fourth-order valence-corrected chi connectivity index (χ4v) is 5.19. The Kier molecular flexibility index (Phi) is 5.89. The minimum Gasteiger partial charge on any atom is -0.378 e. The first-order chi connectivity index (χ1) is 17.4. The number of nitrogens with zero attached hydrogens (tertiary/aromatic N) is 7. The topological polar surface area (TPSA) is 88.8 Å². The molecular weight excluding hydrogens is 458 g/mol. The summed E-state index contributed by atoms with van der Waals surface area (Å²) in [6.45, 7) is 11.5. The zero-order valence-corrected chi connectivity index (χ0v) is 21.2. The summed E-state index contributed by atoms with van der Waals surface area (Å²) in [5.74, 6) is 2.41. The van der Waals surface area contributed by atoms with Gasteiger partial charge in [-0.1, -0.05) is 12.1 Å². The molecule has 2 fully saturated rings. The number of hydrogen-bond donors (Lipinski definition) is 0. The molecule has 0 saturated carbocycles. The number of fused-ring (bicyclic) bond motifs is 3. The summed E-state index contributed by atoms with van der Waals surface area (Å²) in [4.78, 5) is 34.4. The van der Waals surface area contributed by atoms with E-state index in [4.69, 9.17) is 24.4 Å². The summed E-state index contributed by atoms with van der Waals surface area (Å²) in [7, 11) is 2.09. The summed E-state index contributed by atoms with van der Waals surface area (Å²) >= 11 is 0. The molecule has 3 aliphatic rings. The number of carbonyl (C=O) groups is 1. The maximum absolute atomic E-state index is 13.0. The van der Waals surface area contributed by atoms with Gasteiger partial charge in [-0.3, -0.25) is 4.79 Å². The van der Waals surface area contributed by atoms with E-state index < -0.39 is 5.60 Å². The lowest BCUT2D eigenvalue weighted by Gasteiger charge is -2.32. The van der Waals surface area contributed by atoms with Crippen molar-refractivity contribution in [3.8, 4) is 11.4 Å². The molecule has 3 aliphatic heterocycles. The van der Waals surface area contributed by atoms with E-state index in [0.717, 1.165) is 67.6 Å². The van der Waals surface area contributed by atoms with E-state index in [1.807, 2.05) is 43.0 Å². The van der Waals surface area contributed by atoms with Crippen LogP contribution in [0.3, 0.4) is 0 Å². The Labute approximate surface area is 210 Å². The summed E-state index contributed by atoms with van der Waals surface area (Å²) in [6.07, 6.45) is 0. The first kappa shape index (κ1) is 23.3. The summed E-state index contributed by atoms with van der Waals surface area (Å²) in [6, 6.07) is 7.68. The molecule has 2 aromatic heterocycles. The number of benzene rings is 1. The maximum atomic E-state index is 13.0. The minimum atomic E-state index is -0.493. The van der Waals surface area contributed by atoms with E-state index in [2.05, 4.69) is 21.4 Å². The summed E-state index contributed by atoms with van der Waals surface area (Å²) in [5.41, 5.74) is 2.70. The van der Waals surface area contributed by atoms with Gasteiger partial charge in [0.1, 0.15) is 11.4 Å². The Bertz CT molecular complexity index is 1270. The van der Waals surface area contributed by atoms with Gasteiger partial charge in [-0.15, -0.1) is 0 Å². The van der Waals surface area contributed by atoms with E-state index in [-0.39, 0.29) is 5.91 Å². The fraction of sp³-hybridized carbons (Fsp3) is 0.538. The number of likely N-dealkylation sites (N-methyl/N-ethyl adjacent to an activating group) is 1. The number of rotatable bonds is 3. The van der Waals surface area contributed by atoms with E-state index in [1.165, 1.54) is 0 Å². The normalized spacial score (nSPS) is 20.5. The van der Waals surface area contributed by atoms with Gasteiger partial charge < -0.3 is 28.7 Å². The van der Waals surface area contributed by atoms with Gasteiger partial charge in [0.2, 0.25) is 0 Å². The lowest BCUT2D eigenvalue weighted by molar-refractivity contribution is -0.0530. The monoisotopic (exact) mass is 491 g/mol. The highest BCUT2D eigenvalue weighted by Gasteiger charge is 2.34. The highest BCUT2D eigenvalue weighted by Crippen LogP contribution is 2.35. The predicted molar refractivity (Wildman–Crippen MR) is 136 cm³/mol. The molecule has 6 rings (SSSR count). The van der Waals surface area contributed by atoms with Crippen molar-refractivity contribution < 1.29 is 14.3 Å². The number of morpholine rings is 1. The Morgan fingerprint density at radius 3 is 2.33 bits per heavy atom. The van der Waals surface area contributed by atoms with Crippen molar-refractivity contribution in [3.63, 3.8) is 0 Å². The molecule has 3 aromatic rings. The van der Waals surface area contributed by atoms with Gasteiger partial charge in [0.25, 0.3) is 5.91 Å². The summed E-state index contributed by atoms with van der Waals surface area (Å²) < 4.78 is 13.8. The molecule has 2 saturated heterocycles. The van der Waals surface area contributed by atoms with Gasteiger partial charge in [0.05, 0.1) is 19.8 Å². The van der Waals surface area contributed by atoms with E-state index in [1.54, 1.807) is 0 Å². The number of hydrogen-bond acceptors (Lipinski definition) is 8. The van der Waals surface area contributed by atoms with Crippen LogP contribution in [0.2, 0.25) is 0 Å². The molecule has 0 N–H and O–H groups in total. The van der Waals surface area contributed by atoms with Crippen LogP contribution >= 0.6 is 0 Å². The molecule has 5 heterocycles. The molecule has 190 valence electrons. The number of carbonyl (C=O) groups excluding carboxylic acids is 1. The van der Waals surface area contributed by atoms with Crippen LogP contribution in [-0.4, -0.2) is 101 Å². The molecule has 1 amide bonds. The number of imidazole rings is 1. The molecular formula is C26H33N7O3. The van der Waals surface area contributed by atoms with Crippen LogP contribution in [0, 0.1) is 0 Å². The molecule has 0 atom stereocenters. The molecule has 0 aliphatic carbocycles. The second-order valence-corrected chi connectivity index (χ2v) is 10.3. The predicted octanol–water partition coefficient (Wildman–Crippen LogP) is 1.98. The number of anilines is 1. The van der Waals surface area contributed by atoms with Crippen LogP contribution in [0.15, 0.2) is 24.3 Å². The number of piperazine rings is 1. The zero-order chi connectivity index (χ0) is 24.9. The molecule has 0 spiro atoms. The highest BCUT2D eigenvalue weighted by molar-refractivity contribution is 5.95. The van der Waals surface area contributed by atoms with Crippen molar-refractivity contribution in [2.24, 2.45) is 0 Å². The number of aromatic nitrogens is 4. The number of ether oxygens (including phenoxy) is 2. The largest absolute Gasteiger partial charge is 0.378 e. The lowest BCUT2D eigenvalue weighted by atomic mass is 10.1. The molecule has 1 aromatic carbocycles. The van der Waals surface area contributed by atoms with Crippen molar-refractivity contribution in [3.05, 3.63) is 35.7 Å². The van der Waals surface area contributed by atoms with Gasteiger partial charge >= 0.3 is 0 Å². The third kappa shape index (κ3) is 4.12. The van der Waals surface area contributed by atoms with E-state index in [0.29, 0.717) is 37.8 Å². The first-order valence-electron chi connectivity index (χ1n) is 12.7. The van der Waals surface area contributed by atoms with Gasteiger partial charge in [-0.05, 0) is 33.0 Å².